The minimum atomic E-state index is -0.387. The third kappa shape index (κ3) is 3.97. The standard InChI is InChI=1S/C17H26N2O2/c1-4-15(21-16-10-6-5-8-13(16)2)17(20)19-11-7-9-14(12-19)18-3/h5-6,8,10,14-15,18H,4,7,9,11-12H2,1-3H3/t14-,15+/m1/s1. The van der Waals surface area contributed by atoms with Crippen molar-refractivity contribution in [3.8, 4) is 5.75 Å². The monoisotopic (exact) mass is 290 g/mol. The van der Waals surface area contributed by atoms with E-state index in [2.05, 4.69) is 5.32 Å². The van der Waals surface area contributed by atoms with Crippen molar-refractivity contribution in [1.29, 1.82) is 0 Å². The molecule has 1 aliphatic rings. The van der Waals surface area contributed by atoms with Crippen LogP contribution in [-0.2, 0) is 4.79 Å². The minimum Gasteiger partial charge on any atom is -0.480 e. The first-order valence-corrected chi connectivity index (χ1v) is 7.84. The van der Waals surface area contributed by atoms with Crippen molar-refractivity contribution in [2.24, 2.45) is 0 Å². The van der Waals surface area contributed by atoms with Crippen LogP contribution < -0.4 is 10.1 Å². The summed E-state index contributed by atoms with van der Waals surface area (Å²) in [6.07, 6.45) is 2.49. The van der Waals surface area contributed by atoms with Gasteiger partial charge in [0.1, 0.15) is 5.75 Å². The number of piperidine rings is 1. The zero-order valence-electron chi connectivity index (χ0n) is 13.3. The van der Waals surface area contributed by atoms with Gasteiger partial charge in [-0.3, -0.25) is 4.79 Å². The molecule has 1 aromatic carbocycles. The predicted octanol–water partition coefficient (Wildman–Crippen LogP) is 2.36. The summed E-state index contributed by atoms with van der Waals surface area (Å²) >= 11 is 0. The summed E-state index contributed by atoms with van der Waals surface area (Å²) < 4.78 is 5.97. The Bertz CT molecular complexity index is 476. The first kappa shape index (κ1) is 15.8. The summed E-state index contributed by atoms with van der Waals surface area (Å²) in [5.74, 6) is 0.917. The number of rotatable bonds is 5. The maximum absolute atomic E-state index is 12.7. The van der Waals surface area contributed by atoms with E-state index in [1.807, 2.05) is 50.1 Å². The molecule has 0 spiro atoms. The van der Waals surface area contributed by atoms with Crippen LogP contribution in [0.15, 0.2) is 24.3 Å². The zero-order valence-corrected chi connectivity index (χ0v) is 13.3. The van der Waals surface area contributed by atoms with Crippen molar-refractivity contribution in [2.75, 3.05) is 20.1 Å². The summed E-state index contributed by atoms with van der Waals surface area (Å²) in [6, 6.07) is 8.26. The van der Waals surface area contributed by atoms with Crippen molar-refractivity contribution in [1.82, 2.24) is 10.2 Å². The highest BCUT2D eigenvalue weighted by molar-refractivity contribution is 5.81. The molecule has 0 saturated carbocycles. The largest absolute Gasteiger partial charge is 0.480 e. The summed E-state index contributed by atoms with van der Waals surface area (Å²) in [4.78, 5) is 14.6. The number of carbonyl (C=O) groups is 1. The van der Waals surface area contributed by atoms with Crippen LogP contribution in [-0.4, -0.2) is 43.1 Å². The number of nitrogens with one attached hydrogen (secondary N) is 1. The van der Waals surface area contributed by atoms with Crippen LogP contribution in [0.4, 0.5) is 0 Å². The molecule has 1 fully saturated rings. The number of para-hydroxylation sites is 1. The van der Waals surface area contributed by atoms with Crippen molar-refractivity contribution < 1.29 is 9.53 Å². The van der Waals surface area contributed by atoms with Gasteiger partial charge < -0.3 is 15.0 Å². The van der Waals surface area contributed by atoms with Gasteiger partial charge in [0.05, 0.1) is 0 Å². The van der Waals surface area contributed by atoms with Gasteiger partial charge in [-0.15, -0.1) is 0 Å². The first-order chi connectivity index (χ1) is 10.2. The second kappa shape index (κ2) is 7.46. The molecule has 2 atom stereocenters. The van der Waals surface area contributed by atoms with Crippen LogP contribution >= 0.6 is 0 Å². The number of ether oxygens (including phenoxy) is 1. The first-order valence-electron chi connectivity index (χ1n) is 7.84. The molecule has 0 aromatic heterocycles. The van der Waals surface area contributed by atoms with Crippen LogP contribution in [0.1, 0.15) is 31.7 Å². The number of aryl methyl sites for hydroxylation is 1. The maximum atomic E-state index is 12.7. The molecule has 1 aliphatic heterocycles. The van der Waals surface area contributed by atoms with Gasteiger partial charge in [-0.25, -0.2) is 0 Å². The molecular formula is C17H26N2O2. The zero-order chi connectivity index (χ0) is 15.2. The SMILES string of the molecule is CC[C@H](Oc1ccccc1C)C(=O)N1CCC[C@@H](NC)C1. The van der Waals surface area contributed by atoms with E-state index in [9.17, 15) is 4.79 Å². The van der Waals surface area contributed by atoms with Crippen LogP contribution in [0.5, 0.6) is 5.75 Å². The maximum Gasteiger partial charge on any atom is 0.263 e. The highest BCUT2D eigenvalue weighted by Gasteiger charge is 2.28. The van der Waals surface area contributed by atoms with E-state index >= 15 is 0 Å². The molecule has 2 rings (SSSR count). The number of likely N-dealkylation sites (N-methyl/N-ethyl adjacent to an activating group) is 1. The number of benzene rings is 1. The van der Waals surface area contributed by atoms with Crippen molar-refractivity contribution in [3.05, 3.63) is 29.8 Å². The highest BCUT2D eigenvalue weighted by atomic mass is 16.5. The smallest absolute Gasteiger partial charge is 0.263 e. The molecule has 4 heteroatoms. The number of amides is 1. The lowest BCUT2D eigenvalue weighted by molar-refractivity contribution is -0.140. The Morgan fingerprint density at radius 3 is 2.90 bits per heavy atom. The molecular weight excluding hydrogens is 264 g/mol. The normalized spacial score (nSPS) is 20.1. The summed E-state index contributed by atoms with van der Waals surface area (Å²) in [7, 11) is 1.96. The average Bonchev–Trinajstić information content (AvgIpc) is 2.53. The number of likely N-dealkylation sites (tertiary alicyclic amines) is 1. The quantitative estimate of drug-likeness (QED) is 0.905. The summed E-state index contributed by atoms with van der Waals surface area (Å²) in [5.41, 5.74) is 1.07. The fourth-order valence-corrected chi connectivity index (χ4v) is 2.77. The highest BCUT2D eigenvalue weighted by Crippen LogP contribution is 2.20. The Labute approximate surface area is 127 Å². The Morgan fingerprint density at radius 1 is 1.48 bits per heavy atom. The Kier molecular flexibility index (Phi) is 5.62. The van der Waals surface area contributed by atoms with E-state index in [-0.39, 0.29) is 12.0 Å². The molecule has 1 aromatic rings. The molecule has 21 heavy (non-hydrogen) atoms. The van der Waals surface area contributed by atoms with Gasteiger partial charge in [-0.2, -0.15) is 0 Å². The molecule has 1 heterocycles. The van der Waals surface area contributed by atoms with Crippen molar-refractivity contribution >= 4 is 5.91 Å². The van der Waals surface area contributed by atoms with Crippen LogP contribution in [0.3, 0.4) is 0 Å². The molecule has 1 amide bonds. The van der Waals surface area contributed by atoms with Gasteiger partial charge in [-0.1, -0.05) is 25.1 Å². The molecule has 0 aliphatic carbocycles. The number of nitrogens with zero attached hydrogens (tertiary/aromatic N) is 1. The lowest BCUT2D eigenvalue weighted by Crippen LogP contribution is -2.51. The fraction of sp³-hybridized carbons (Fsp3) is 0.588. The third-order valence-electron chi connectivity index (χ3n) is 4.15. The van der Waals surface area contributed by atoms with E-state index in [0.29, 0.717) is 12.5 Å². The van der Waals surface area contributed by atoms with Gasteiger partial charge in [0.2, 0.25) is 0 Å². The average molecular weight is 290 g/mol. The molecule has 1 N–H and O–H groups in total. The van der Waals surface area contributed by atoms with E-state index < -0.39 is 0 Å². The second-order valence-electron chi connectivity index (χ2n) is 5.69. The minimum absolute atomic E-state index is 0.112. The van der Waals surface area contributed by atoms with Gasteiger partial charge in [-0.05, 0) is 44.9 Å². The molecule has 4 nitrogen and oxygen atoms in total. The van der Waals surface area contributed by atoms with E-state index in [1.54, 1.807) is 0 Å². The molecule has 0 unspecified atom stereocenters. The van der Waals surface area contributed by atoms with E-state index in [4.69, 9.17) is 4.74 Å². The van der Waals surface area contributed by atoms with E-state index in [1.165, 1.54) is 0 Å². The molecule has 1 saturated heterocycles. The lowest BCUT2D eigenvalue weighted by Gasteiger charge is -2.34. The Balaban J connectivity index is 2.03. The van der Waals surface area contributed by atoms with Gasteiger partial charge >= 0.3 is 0 Å². The van der Waals surface area contributed by atoms with Gasteiger partial charge in [0.25, 0.3) is 5.91 Å². The number of carbonyl (C=O) groups excluding carboxylic acids is 1. The van der Waals surface area contributed by atoms with Crippen LogP contribution in [0, 0.1) is 6.92 Å². The third-order valence-corrected chi connectivity index (χ3v) is 4.15. The summed E-state index contributed by atoms with van der Waals surface area (Å²) in [5, 5.41) is 3.27. The predicted molar refractivity (Wildman–Crippen MR) is 84.5 cm³/mol. The van der Waals surface area contributed by atoms with Gasteiger partial charge in [0.15, 0.2) is 6.10 Å². The van der Waals surface area contributed by atoms with Crippen molar-refractivity contribution in [2.45, 2.75) is 45.3 Å². The van der Waals surface area contributed by atoms with Crippen molar-refractivity contribution in [3.63, 3.8) is 0 Å². The molecule has 0 radical (unpaired) electrons. The van der Waals surface area contributed by atoms with Gasteiger partial charge in [0, 0.05) is 19.1 Å². The Hall–Kier alpha value is -1.55. The molecule has 116 valence electrons. The van der Waals surface area contributed by atoms with Crippen LogP contribution in [0.2, 0.25) is 0 Å². The molecule has 0 bridgehead atoms. The van der Waals surface area contributed by atoms with E-state index in [0.717, 1.165) is 37.2 Å². The fourth-order valence-electron chi connectivity index (χ4n) is 2.77. The van der Waals surface area contributed by atoms with Crippen LogP contribution in [0.25, 0.3) is 0 Å². The Morgan fingerprint density at radius 2 is 2.24 bits per heavy atom. The second-order valence-corrected chi connectivity index (χ2v) is 5.69. The topological polar surface area (TPSA) is 41.6 Å². The number of hydrogen-bond donors (Lipinski definition) is 1. The lowest BCUT2D eigenvalue weighted by atomic mass is 10.0. The summed E-state index contributed by atoms with van der Waals surface area (Å²) in [6.45, 7) is 5.62. The number of hydrogen-bond acceptors (Lipinski definition) is 3.